The Hall–Kier alpha value is -2.07. The van der Waals surface area contributed by atoms with Gasteiger partial charge in [-0.25, -0.2) is 0 Å². The van der Waals surface area contributed by atoms with Gasteiger partial charge < -0.3 is 15.0 Å². The van der Waals surface area contributed by atoms with Crippen LogP contribution in [-0.4, -0.2) is 42.6 Å². The molecule has 1 aliphatic heterocycles. The first kappa shape index (κ1) is 15.5. The highest BCUT2D eigenvalue weighted by molar-refractivity contribution is 6.00. The summed E-state index contributed by atoms with van der Waals surface area (Å²) in [5.41, 5.74) is 3.90. The predicted molar refractivity (Wildman–Crippen MR) is 96.4 cm³/mol. The number of morpholine rings is 1. The molecule has 1 saturated heterocycles. The number of carbonyl (C=O) groups is 1. The fraction of sp³-hybridized carbons (Fsp3) is 0.450. The molecule has 0 aromatic heterocycles. The van der Waals surface area contributed by atoms with Crippen LogP contribution in [0.5, 0.6) is 0 Å². The average molecular weight is 324 g/mol. The Labute approximate surface area is 142 Å². The minimum Gasteiger partial charge on any atom is -0.376 e. The minimum absolute atomic E-state index is 0.106. The van der Waals surface area contributed by atoms with Crippen LogP contribution in [0.3, 0.4) is 0 Å². The van der Waals surface area contributed by atoms with E-state index in [0.717, 1.165) is 18.5 Å². The third-order valence-electron chi connectivity index (χ3n) is 5.08. The summed E-state index contributed by atoms with van der Waals surface area (Å²) in [5, 5.41) is 5.98. The van der Waals surface area contributed by atoms with Crippen LogP contribution < -0.4 is 5.32 Å². The SMILES string of the molecule is CC1CN(C(=O)CNc2ccc3c4c(cccc24)CC3)CC(C)O1. The molecule has 1 aliphatic carbocycles. The van der Waals surface area contributed by atoms with E-state index < -0.39 is 0 Å². The maximum Gasteiger partial charge on any atom is 0.242 e. The molecule has 0 radical (unpaired) electrons. The van der Waals surface area contributed by atoms with Crippen LogP contribution in [0.2, 0.25) is 0 Å². The van der Waals surface area contributed by atoms with Crippen molar-refractivity contribution in [3.8, 4) is 0 Å². The van der Waals surface area contributed by atoms with E-state index >= 15 is 0 Å². The van der Waals surface area contributed by atoms with Crippen LogP contribution in [0.4, 0.5) is 5.69 Å². The van der Waals surface area contributed by atoms with Gasteiger partial charge in [0.15, 0.2) is 0 Å². The first-order valence-corrected chi connectivity index (χ1v) is 8.82. The van der Waals surface area contributed by atoms with Crippen LogP contribution in [0, 0.1) is 0 Å². The number of benzene rings is 2. The van der Waals surface area contributed by atoms with Gasteiger partial charge in [0, 0.05) is 24.2 Å². The third-order valence-corrected chi connectivity index (χ3v) is 5.08. The van der Waals surface area contributed by atoms with Crippen molar-refractivity contribution in [3.05, 3.63) is 41.5 Å². The molecule has 0 bridgehead atoms. The summed E-state index contributed by atoms with van der Waals surface area (Å²) in [4.78, 5) is 14.5. The number of hydrogen-bond donors (Lipinski definition) is 1. The monoisotopic (exact) mass is 324 g/mol. The van der Waals surface area contributed by atoms with E-state index in [1.165, 1.54) is 21.9 Å². The van der Waals surface area contributed by atoms with Gasteiger partial charge in [-0.15, -0.1) is 0 Å². The second-order valence-electron chi connectivity index (χ2n) is 7.02. The van der Waals surface area contributed by atoms with Gasteiger partial charge in [0.2, 0.25) is 5.91 Å². The topological polar surface area (TPSA) is 41.6 Å². The summed E-state index contributed by atoms with van der Waals surface area (Å²) >= 11 is 0. The van der Waals surface area contributed by atoms with E-state index in [2.05, 4.69) is 35.6 Å². The van der Waals surface area contributed by atoms with E-state index in [-0.39, 0.29) is 18.1 Å². The average Bonchev–Trinajstić information content (AvgIpc) is 2.98. The lowest BCUT2D eigenvalue weighted by atomic mass is 10.0. The summed E-state index contributed by atoms with van der Waals surface area (Å²) in [6.07, 6.45) is 2.46. The highest BCUT2D eigenvalue weighted by atomic mass is 16.5. The molecule has 0 spiro atoms. The number of ether oxygens (including phenoxy) is 1. The van der Waals surface area contributed by atoms with E-state index in [0.29, 0.717) is 19.6 Å². The fourth-order valence-electron chi connectivity index (χ4n) is 4.07. The smallest absolute Gasteiger partial charge is 0.242 e. The van der Waals surface area contributed by atoms with Crippen LogP contribution in [0.15, 0.2) is 30.3 Å². The van der Waals surface area contributed by atoms with Crippen LogP contribution >= 0.6 is 0 Å². The van der Waals surface area contributed by atoms with Crippen LogP contribution in [0.25, 0.3) is 10.8 Å². The molecule has 4 heteroatoms. The summed E-state index contributed by atoms with van der Waals surface area (Å²) in [5.74, 6) is 0.139. The standard InChI is InChI=1S/C20H24N2O2/c1-13-11-22(12-14(2)24-13)19(23)10-21-18-9-8-16-7-6-15-4-3-5-17(18)20(15)16/h3-5,8-9,13-14,21H,6-7,10-12H2,1-2H3. The Morgan fingerprint density at radius 1 is 1.12 bits per heavy atom. The molecule has 24 heavy (non-hydrogen) atoms. The van der Waals surface area contributed by atoms with E-state index in [9.17, 15) is 4.79 Å². The van der Waals surface area contributed by atoms with E-state index in [4.69, 9.17) is 4.74 Å². The summed E-state index contributed by atoms with van der Waals surface area (Å²) in [6, 6.07) is 10.8. The summed E-state index contributed by atoms with van der Waals surface area (Å²) < 4.78 is 5.71. The van der Waals surface area contributed by atoms with Crippen molar-refractivity contribution < 1.29 is 9.53 Å². The van der Waals surface area contributed by atoms with E-state index in [1.807, 2.05) is 18.7 Å². The normalized spacial score (nSPS) is 22.8. The lowest BCUT2D eigenvalue weighted by molar-refractivity contribution is -0.141. The fourth-order valence-corrected chi connectivity index (χ4v) is 4.07. The Balaban J connectivity index is 1.51. The Morgan fingerprint density at radius 2 is 1.83 bits per heavy atom. The Morgan fingerprint density at radius 3 is 2.58 bits per heavy atom. The number of aryl methyl sites for hydroxylation is 2. The van der Waals surface area contributed by atoms with E-state index in [1.54, 1.807) is 0 Å². The van der Waals surface area contributed by atoms with Gasteiger partial charge in [-0.1, -0.05) is 24.3 Å². The molecule has 4 nitrogen and oxygen atoms in total. The lowest BCUT2D eigenvalue weighted by Gasteiger charge is -2.35. The first-order chi connectivity index (χ1) is 11.6. The number of anilines is 1. The molecular formula is C20H24N2O2. The van der Waals surface area contributed by atoms with Crippen molar-refractivity contribution in [2.45, 2.75) is 38.9 Å². The molecule has 2 atom stereocenters. The van der Waals surface area contributed by atoms with Crippen molar-refractivity contribution in [3.63, 3.8) is 0 Å². The van der Waals surface area contributed by atoms with Gasteiger partial charge >= 0.3 is 0 Å². The first-order valence-electron chi connectivity index (χ1n) is 8.82. The van der Waals surface area contributed by atoms with Crippen molar-refractivity contribution in [2.75, 3.05) is 25.0 Å². The summed E-state index contributed by atoms with van der Waals surface area (Å²) in [7, 11) is 0. The molecule has 2 aromatic carbocycles. The molecule has 1 fully saturated rings. The zero-order valence-corrected chi connectivity index (χ0v) is 14.3. The minimum atomic E-state index is 0.106. The number of carbonyl (C=O) groups excluding carboxylic acids is 1. The Bertz CT molecular complexity index is 766. The van der Waals surface area contributed by atoms with Crippen molar-refractivity contribution >= 4 is 22.4 Å². The highest BCUT2D eigenvalue weighted by Gasteiger charge is 2.25. The molecule has 2 aromatic rings. The number of nitrogens with one attached hydrogen (secondary N) is 1. The van der Waals surface area contributed by atoms with Crippen LogP contribution in [-0.2, 0) is 22.4 Å². The predicted octanol–water partition coefficient (Wildman–Crippen LogP) is 2.99. The number of nitrogens with zero attached hydrogens (tertiary/aromatic N) is 1. The lowest BCUT2D eigenvalue weighted by Crippen LogP contribution is -2.49. The van der Waals surface area contributed by atoms with Crippen molar-refractivity contribution in [2.24, 2.45) is 0 Å². The third kappa shape index (κ3) is 2.75. The molecular weight excluding hydrogens is 300 g/mol. The molecule has 4 rings (SSSR count). The van der Waals surface area contributed by atoms with Gasteiger partial charge in [0.25, 0.3) is 0 Å². The highest BCUT2D eigenvalue weighted by Crippen LogP contribution is 2.34. The molecule has 1 amide bonds. The second kappa shape index (κ2) is 6.10. The number of rotatable bonds is 3. The largest absolute Gasteiger partial charge is 0.376 e. The van der Waals surface area contributed by atoms with Gasteiger partial charge in [-0.3, -0.25) is 4.79 Å². The summed E-state index contributed by atoms with van der Waals surface area (Å²) in [6.45, 7) is 5.72. The molecule has 126 valence electrons. The van der Waals surface area contributed by atoms with Crippen molar-refractivity contribution in [1.29, 1.82) is 0 Å². The van der Waals surface area contributed by atoms with Crippen molar-refractivity contribution in [1.82, 2.24) is 4.90 Å². The molecule has 2 aliphatic rings. The van der Waals surface area contributed by atoms with Gasteiger partial charge in [-0.05, 0) is 49.3 Å². The molecule has 2 unspecified atom stereocenters. The van der Waals surface area contributed by atoms with Gasteiger partial charge in [0.1, 0.15) is 0 Å². The maximum absolute atomic E-state index is 12.6. The quantitative estimate of drug-likeness (QED) is 0.944. The molecule has 0 saturated carbocycles. The van der Waals surface area contributed by atoms with Crippen LogP contribution in [0.1, 0.15) is 25.0 Å². The van der Waals surface area contributed by atoms with Gasteiger partial charge in [-0.2, -0.15) is 0 Å². The zero-order valence-electron chi connectivity index (χ0n) is 14.3. The number of amides is 1. The zero-order chi connectivity index (χ0) is 16.7. The van der Waals surface area contributed by atoms with Gasteiger partial charge in [0.05, 0.1) is 18.8 Å². The Kier molecular flexibility index (Phi) is 3.93. The molecule has 1 N–H and O–H groups in total. The number of hydrogen-bond acceptors (Lipinski definition) is 3. The maximum atomic E-state index is 12.6. The molecule has 1 heterocycles. The second-order valence-corrected chi connectivity index (χ2v) is 7.02.